The number of halogens is 5. The first-order valence-electron chi connectivity index (χ1n) is 6.07. The number of benzene rings is 1. The zero-order valence-electron chi connectivity index (χ0n) is 11.5. The Kier molecular flexibility index (Phi) is 4.61. The fourth-order valence-electron chi connectivity index (χ4n) is 1.98. The quantitative estimate of drug-likeness (QED) is 0.771. The Balaban J connectivity index is 2.52. The summed E-state index contributed by atoms with van der Waals surface area (Å²) >= 11 is 0.760. The van der Waals surface area contributed by atoms with Crippen molar-refractivity contribution in [2.24, 2.45) is 4.99 Å². The summed E-state index contributed by atoms with van der Waals surface area (Å²) in [6.07, 6.45) is -4.46. The van der Waals surface area contributed by atoms with Gasteiger partial charge in [0.05, 0.1) is 17.7 Å². The number of rotatable bonds is 2. The van der Waals surface area contributed by atoms with Gasteiger partial charge in [-0.1, -0.05) is 0 Å². The first-order valence-corrected chi connectivity index (χ1v) is 7.35. The summed E-state index contributed by atoms with van der Waals surface area (Å²) in [5, 5.41) is 8.63. The predicted octanol–water partition coefficient (Wildman–Crippen LogP) is 3.22. The van der Waals surface area contributed by atoms with Gasteiger partial charge in [0, 0.05) is 6.07 Å². The highest BCUT2D eigenvalue weighted by molar-refractivity contribution is 7.99. The smallest absolute Gasteiger partial charge is 0.277 e. The van der Waals surface area contributed by atoms with Gasteiger partial charge in [-0.3, -0.25) is 9.69 Å². The lowest BCUT2D eigenvalue weighted by atomic mass is 10.1. The third kappa shape index (κ3) is 3.29. The van der Waals surface area contributed by atoms with E-state index in [1.165, 1.54) is 12.3 Å². The van der Waals surface area contributed by atoms with E-state index < -0.39 is 52.6 Å². The zero-order valence-corrected chi connectivity index (χ0v) is 12.3. The van der Waals surface area contributed by atoms with Gasteiger partial charge in [0.1, 0.15) is 23.4 Å². The van der Waals surface area contributed by atoms with Gasteiger partial charge in [0.2, 0.25) is 5.91 Å². The van der Waals surface area contributed by atoms with Gasteiger partial charge in [0.25, 0.3) is 0 Å². The number of alkyl halides is 3. The lowest BCUT2D eigenvalue weighted by molar-refractivity contribution is -0.119. The van der Waals surface area contributed by atoms with E-state index in [0.29, 0.717) is 17.0 Å². The van der Waals surface area contributed by atoms with Crippen LogP contribution in [0.25, 0.3) is 0 Å². The third-order valence-electron chi connectivity index (χ3n) is 3.03. The van der Waals surface area contributed by atoms with Crippen LogP contribution in [-0.4, -0.2) is 29.5 Å². The van der Waals surface area contributed by atoms with Crippen LogP contribution in [0, 0.1) is 23.0 Å². The van der Waals surface area contributed by atoms with E-state index in [1.807, 2.05) is 0 Å². The molecule has 10 heteroatoms. The number of hydrogen-bond donors (Lipinski definition) is 0. The molecule has 4 nitrogen and oxygen atoms in total. The lowest BCUT2D eigenvalue weighted by Crippen LogP contribution is -2.46. The summed E-state index contributed by atoms with van der Waals surface area (Å²) in [5.41, 5.74) is -3.78. The molecule has 23 heavy (non-hydrogen) atoms. The highest BCUT2D eigenvalue weighted by atomic mass is 32.2. The lowest BCUT2D eigenvalue weighted by Gasteiger charge is -2.33. The van der Waals surface area contributed by atoms with Crippen LogP contribution in [0.2, 0.25) is 0 Å². The van der Waals surface area contributed by atoms with Crippen molar-refractivity contribution in [3.63, 3.8) is 0 Å². The number of nitriles is 1. The maximum atomic E-state index is 14.0. The van der Waals surface area contributed by atoms with Crippen molar-refractivity contribution in [2.75, 3.05) is 11.2 Å². The van der Waals surface area contributed by atoms with Crippen LogP contribution < -0.4 is 4.90 Å². The molecule has 1 aliphatic rings. The molecule has 1 aromatic rings. The molecule has 0 radical (unpaired) electrons. The SMILES string of the molecule is CSC1N=C(C(F)(F)F)CC(=O)N1c1cc(F)c(C#N)cc1F. The molecule has 0 saturated carbocycles. The van der Waals surface area contributed by atoms with Gasteiger partial charge in [-0.25, -0.2) is 13.8 Å². The van der Waals surface area contributed by atoms with Crippen molar-refractivity contribution in [3.8, 4) is 6.07 Å². The standard InChI is InChI=1S/C13H8F5N3OS/c1-23-12-20-10(13(16,17)18)4-11(22)21(12)9-3-7(14)6(5-19)2-8(9)15/h2-3,12H,4H2,1H3. The highest BCUT2D eigenvalue weighted by Gasteiger charge is 2.43. The molecular weight excluding hydrogens is 341 g/mol. The molecule has 1 atom stereocenters. The Bertz CT molecular complexity index is 726. The second-order valence-corrected chi connectivity index (χ2v) is 5.36. The number of amides is 1. The van der Waals surface area contributed by atoms with Crippen LogP contribution in [0.4, 0.5) is 27.6 Å². The number of anilines is 1. The monoisotopic (exact) mass is 349 g/mol. The number of hydrogen-bond acceptors (Lipinski definition) is 4. The second-order valence-electron chi connectivity index (χ2n) is 4.47. The minimum Gasteiger partial charge on any atom is -0.277 e. The molecule has 0 saturated heterocycles. The maximum Gasteiger partial charge on any atom is 0.429 e. The van der Waals surface area contributed by atoms with Crippen molar-refractivity contribution in [1.29, 1.82) is 5.26 Å². The molecule has 0 aliphatic carbocycles. The van der Waals surface area contributed by atoms with Crippen LogP contribution in [-0.2, 0) is 4.79 Å². The molecule has 0 aromatic heterocycles. The second kappa shape index (κ2) is 6.16. The summed E-state index contributed by atoms with van der Waals surface area (Å²) in [6.45, 7) is 0. The average Bonchev–Trinajstić information content (AvgIpc) is 2.47. The van der Waals surface area contributed by atoms with Crippen molar-refractivity contribution < 1.29 is 26.7 Å². The number of carbonyl (C=O) groups is 1. The van der Waals surface area contributed by atoms with E-state index in [4.69, 9.17) is 5.26 Å². The molecular formula is C13H8F5N3OS. The van der Waals surface area contributed by atoms with Crippen LogP contribution in [0.5, 0.6) is 0 Å². The fourth-order valence-corrected chi connectivity index (χ4v) is 2.65. The van der Waals surface area contributed by atoms with E-state index in [2.05, 4.69) is 4.99 Å². The molecule has 0 spiro atoms. The predicted molar refractivity (Wildman–Crippen MR) is 74.0 cm³/mol. The minimum atomic E-state index is -4.77. The zero-order chi connectivity index (χ0) is 17.4. The van der Waals surface area contributed by atoms with E-state index in [0.717, 1.165) is 11.8 Å². The normalized spacial score (nSPS) is 18.7. The molecule has 1 unspecified atom stereocenters. The van der Waals surface area contributed by atoms with Crippen molar-refractivity contribution in [2.45, 2.75) is 18.1 Å². The number of thioether (sulfide) groups is 1. The largest absolute Gasteiger partial charge is 0.429 e. The average molecular weight is 349 g/mol. The van der Waals surface area contributed by atoms with Crippen molar-refractivity contribution in [3.05, 3.63) is 29.3 Å². The van der Waals surface area contributed by atoms with Crippen LogP contribution >= 0.6 is 11.8 Å². The van der Waals surface area contributed by atoms with Crippen LogP contribution in [0.1, 0.15) is 12.0 Å². The van der Waals surface area contributed by atoms with E-state index in [1.54, 1.807) is 0 Å². The Hall–Kier alpha value is -2.15. The van der Waals surface area contributed by atoms with Gasteiger partial charge < -0.3 is 0 Å². The summed E-state index contributed by atoms with van der Waals surface area (Å²) in [4.78, 5) is 16.1. The molecule has 1 heterocycles. The van der Waals surface area contributed by atoms with Crippen molar-refractivity contribution in [1.82, 2.24) is 0 Å². The Morgan fingerprint density at radius 1 is 1.35 bits per heavy atom. The van der Waals surface area contributed by atoms with Crippen LogP contribution in [0.15, 0.2) is 17.1 Å². The summed E-state index contributed by atoms with van der Waals surface area (Å²) < 4.78 is 65.8. The Morgan fingerprint density at radius 3 is 2.52 bits per heavy atom. The summed E-state index contributed by atoms with van der Waals surface area (Å²) in [6, 6.07) is 2.61. The molecule has 1 amide bonds. The Labute approximate surface area is 131 Å². The van der Waals surface area contributed by atoms with Gasteiger partial charge in [-0.2, -0.15) is 18.4 Å². The van der Waals surface area contributed by atoms with Gasteiger partial charge in [-0.05, 0) is 12.3 Å². The van der Waals surface area contributed by atoms with Crippen molar-refractivity contribution >= 4 is 29.1 Å². The molecule has 1 aliphatic heterocycles. The maximum absolute atomic E-state index is 14.0. The third-order valence-corrected chi connectivity index (χ3v) is 3.77. The Morgan fingerprint density at radius 2 is 2.00 bits per heavy atom. The number of nitrogens with zero attached hydrogens (tertiary/aromatic N) is 3. The van der Waals surface area contributed by atoms with E-state index >= 15 is 0 Å². The fraction of sp³-hybridized carbons (Fsp3) is 0.308. The van der Waals surface area contributed by atoms with Gasteiger partial charge >= 0.3 is 6.18 Å². The highest BCUT2D eigenvalue weighted by Crippen LogP contribution is 2.34. The minimum absolute atomic E-state index is 0.559. The van der Waals surface area contributed by atoms with Gasteiger partial charge in [0.15, 0.2) is 5.50 Å². The van der Waals surface area contributed by atoms with Gasteiger partial charge in [-0.15, -0.1) is 11.8 Å². The summed E-state index contributed by atoms with van der Waals surface area (Å²) in [5.74, 6) is -3.24. The first-order chi connectivity index (χ1) is 10.7. The number of carbonyl (C=O) groups excluding carboxylic acids is 1. The topological polar surface area (TPSA) is 56.5 Å². The first kappa shape index (κ1) is 17.2. The molecule has 0 bridgehead atoms. The molecule has 0 fully saturated rings. The molecule has 1 aromatic carbocycles. The van der Waals surface area contributed by atoms with Crippen LogP contribution in [0.3, 0.4) is 0 Å². The number of aliphatic imine (C=N–C) groups is 1. The molecule has 0 N–H and O–H groups in total. The van der Waals surface area contributed by atoms with E-state index in [9.17, 15) is 26.7 Å². The summed E-state index contributed by atoms with van der Waals surface area (Å²) in [7, 11) is 0. The molecule has 2 rings (SSSR count). The van der Waals surface area contributed by atoms with E-state index in [-0.39, 0.29) is 0 Å². The molecule has 122 valence electrons.